The van der Waals surface area contributed by atoms with E-state index in [1.807, 2.05) is 26.0 Å². The summed E-state index contributed by atoms with van der Waals surface area (Å²) < 4.78 is 5.68. The zero-order chi connectivity index (χ0) is 14.8. The van der Waals surface area contributed by atoms with E-state index >= 15 is 0 Å². The number of aliphatic hydroxyl groups is 1. The summed E-state index contributed by atoms with van der Waals surface area (Å²) >= 11 is 0. The second-order valence-electron chi connectivity index (χ2n) is 5.64. The maximum absolute atomic E-state index is 9.71. The second kappa shape index (κ2) is 9.78. The third-order valence-corrected chi connectivity index (χ3v) is 3.39. The minimum Gasteiger partial charge on any atom is -0.494 e. The molecule has 0 bridgehead atoms. The standard InChI is InChI=1S/C17H29NO2/c1-4-5-6-11-20-16-9-7-15(8-10-16)12-18-13-17(19)14(2)3/h7-10,14,17-19H,4-6,11-13H2,1-3H3. The highest BCUT2D eigenvalue weighted by Gasteiger charge is 2.07. The van der Waals surface area contributed by atoms with E-state index in [-0.39, 0.29) is 6.10 Å². The molecule has 1 aromatic rings. The average molecular weight is 279 g/mol. The number of rotatable bonds is 10. The van der Waals surface area contributed by atoms with E-state index in [0.29, 0.717) is 12.5 Å². The Bertz CT molecular complexity index is 349. The highest BCUT2D eigenvalue weighted by atomic mass is 16.5. The van der Waals surface area contributed by atoms with Crippen LogP contribution in [0.1, 0.15) is 45.6 Å². The van der Waals surface area contributed by atoms with Gasteiger partial charge in [-0.1, -0.05) is 45.7 Å². The predicted molar refractivity (Wildman–Crippen MR) is 84.0 cm³/mol. The van der Waals surface area contributed by atoms with Gasteiger partial charge in [0.05, 0.1) is 12.7 Å². The molecule has 0 aliphatic rings. The molecule has 0 fully saturated rings. The van der Waals surface area contributed by atoms with Gasteiger partial charge < -0.3 is 15.2 Å². The van der Waals surface area contributed by atoms with Crippen LogP contribution in [0, 0.1) is 5.92 Å². The molecule has 3 nitrogen and oxygen atoms in total. The van der Waals surface area contributed by atoms with Gasteiger partial charge in [-0.15, -0.1) is 0 Å². The highest BCUT2D eigenvalue weighted by Crippen LogP contribution is 2.13. The van der Waals surface area contributed by atoms with Crippen LogP contribution in [0.5, 0.6) is 5.75 Å². The molecule has 114 valence electrons. The molecule has 0 heterocycles. The van der Waals surface area contributed by atoms with Gasteiger partial charge in [0.1, 0.15) is 5.75 Å². The maximum atomic E-state index is 9.71. The summed E-state index contributed by atoms with van der Waals surface area (Å²) in [6.07, 6.45) is 3.28. The quantitative estimate of drug-likeness (QED) is 0.645. The highest BCUT2D eigenvalue weighted by molar-refractivity contribution is 5.27. The Morgan fingerprint density at radius 2 is 1.85 bits per heavy atom. The molecule has 0 aromatic heterocycles. The fourth-order valence-electron chi connectivity index (χ4n) is 1.85. The predicted octanol–water partition coefficient (Wildman–Crippen LogP) is 3.36. The van der Waals surface area contributed by atoms with E-state index in [2.05, 4.69) is 24.4 Å². The van der Waals surface area contributed by atoms with Gasteiger partial charge in [-0.25, -0.2) is 0 Å². The van der Waals surface area contributed by atoms with E-state index in [1.54, 1.807) is 0 Å². The van der Waals surface area contributed by atoms with Crippen LogP contribution in [0.2, 0.25) is 0 Å². The van der Waals surface area contributed by atoms with Crippen LogP contribution in [0.25, 0.3) is 0 Å². The number of hydrogen-bond donors (Lipinski definition) is 2. The van der Waals surface area contributed by atoms with Gasteiger partial charge in [-0.2, -0.15) is 0 Å². The van der Waals surface area contributed by atoms with Gasteiger partial charge >= 0.3 is 0 Å². The van der Waals surface area contributed by atoms with E-state index in [4.69, 9.17) is 4.74 Å². The van der Waals surface area contributed by atoms with Crippen LogP contribution < -0.4 is 10.1 Å². The molecule has 1 aromatic carbocycles. The molecule has 1 rings (SSSR count). The third kappa shape index (κ3) is 6.92. The molecule has 1 unspecified atom stereocenters. The zero-order valence-electron chi connectivity index (χ0n) is 13.1. The SMILES string of the molecule is CCCCCOc1ccc(CNCC(O)C(C)C)cc1. The van der Waals surface area contributed by atoms with Crippen molar-refractivity contribution in [2.75, 3.05) is 13.2 Å². The molecule has 2 N–H and O–H groups in total. The zero-order valence-corrected chi connectivity index (χ0v) is 13.1. The van der Waals surface area contributed by atoms with Crippen LogP contribution in [0.3, 0.4) is 0 Å². The minimum absolute atomic E-state index is 0.281. The van der Waals surface area contributed by atoms with Crippen LogP contribution in [-0.4, -0.2) is 24.4 Å². The summed E-state index contributed by atoms with van der Waals surface area (Å²) in [4.78, 5) is 0. The first-order valence-corrected chi connectivity index (χ1v) is 7.74. The normalized spacial score (nSPS) is 12.7. The molecule has 0 amide bonds. The van der Waals surface area contributed by atoms with Crippen molar-refractivity contribution in [3.05, 3.63) is 29.8 Å². The van der Waals surface area contributed by atoms with Gasteiger partial charge in [0, 0.05) is 13.1 Å². The fraction of sp³-hybridized carbons (Fsp3) is 0.647. The summed E-state index contributed by atoms with van der Waals surface area (Å²) in [5.41, 5.74) is 1.21. The van der Waals surface area contributed by atoms with Crippen molar-refractivity contribution in [3.63, 3.8) is 0 Å². The second-order valence-corrected chi connectivity index (χ2v) is 5.64. The molecular formula is C17H29NO2. The van der Waals surface area contributed by atoms with Crippen molar-refractivity contribution >= 4 is 0 Å². The van der Waals surface area contributed by atoms with Crippen LogP contribution >= 0.6 is 0 Å². The van der Waals surface area contributed by atoms with Crippen molar-refractivity contribution in [2.24, 2.45) is 5.92 Å². The molecule has 0 saturated carbocycles. The van der Waals surface area contributed by atoms with Crippen LogP contribution in [0.4, 0.5) is 0 Å². The number of unbranched alkanes of at least 4 members (excludes halogenated alkanes) is 2. The molecule has 1 atom stereocenters. The lowest BCUT2D eigenvalue weighted by Crippen LogP contribution is -2.30. The van der Waals surface area contributed by atoms with E-state index in [1.165, 1.54) is 18.4 Å². The number of aliphatic hydroxyl groups excluding tert-OH is 1. The topological polar surface area (TPSA) is 41.5 Å². The van der Waals surface area contributed by atoms with Crippen molar-refractivity contribution < 1.29 is 9.84 Å². The Hall–Kier alpha value is -1.06. The summed E-state index contributed by atoms with van der Waals surface area (Å²) in [6, 6.07) is 8.18. The Morgan fingerprint density at radius 3 is 2.45 bits per heavy atom. The summed E-state index contributed by atoms with van der Waals surface area (Å²) in [6.45, 7) is 8.45. The van der Waals surface area contributed by atoms with Gasteiger partial charge in [0.25, 0.3) is 0 Å². The number of nitrogens with one attached hydrogen (secondary N) is 1. The third-order valence-electron chi connectivity index (χ3n) is 3.39. The van der Waals surface area contributed by atoms with Gasteiger partial charge in [0.15, 0.2) is 0 Å². The first kappa shape index (κ1) is 17.0. The maximum Gasteiger partial charge on any atom is 0.119 e. The van der Waals surface area contributed by atoms with Crippen molar-refractivity contribution in [3.8, 4) is 5.75 Å². The number of benzene rings is 1. The van der Waals surface area contributed by atoms with Gasteiger partial charge in [-0.05, 0) is 30.0 Å². The Morgan fingerprint density at radius 1 is 1.15 bits per heavy atom. The summed E-state index contributed by atoms with van der Waals surface area (Å²) in [7, 11) is 0. The lowest BCUT2D eigenvalue weighted by molar-refractivity contribution is 0.123. The largest absolute Gasteiger partial charge is 0.494 e. The summed E-state index contributed by atoms with van der Waals surface area (Å²) in [5.74, 6) is 1.23. The van der Waals surface area contributed by atoms with E-state index in [9.17, 15) is 5.11 Å². The van der Waals surface area contributed by atoms with Crippen molar-refractivity contribution in [2.45, 2.75) is 52.7 Å². The number of ether oxygens (including phenoxy) is 1. The monoisotopic (exact) mass is 279 g/mol. The van der Waals surface area contributed by atoms with Crippen LogP contribution in [0.15, 0.2) is 24.3 Å². The smallest absolute Gasteiger partial charge is 0.119 e. The molecule has 0 aliphatic heterocycles. The average Bonchev–Trinajstić information content (AvgIpc) is 2.45. The van der Waals surface area contributed by atoms with E-state index in [0.717, 1.165) is 25.3 Å². The van der Waals surface area contributed by atoms with Crippen molar-refractivity contribution in [1.82, 2.24) is 5.32 Å². The fourth-order valence-corrected chi connectivity index (χ4v) is 1.85. The Balaban J connectivity index is 2.24. The van der Waals surface area contributed by atoms with Gasteiger partial charge in [0.2, 0.25) is 0 Å². The lowest BCUT2D eigenvalue weighted by Gasteiger charge is -2.15. The lowest BCUT2D eigenvalue weighted by atomic mass is 10.1. The Labute approximate surface area is 123 Å². The molecule has 0 radical (unpaired) electrons. The van der Waals surface area contributed by atoms with E-state index < -0.39 is 0 Å². The molecule has 0 saturated heterocycles. The molecule has 3 heteroatoms. The first-order valence-electron chi connectivity index (χ1n) is 7.74. The molecule has 20 heavy (non-hydrogen) atoms. The first-order chi connectivity index (χ1) is 9.63. The summed E-state index contributed by atoms with van der Waals surface area (Å²) in [5, 5.41) is 13.0. The molecule has 0 aliphatic carbocycles. The number of hydrogen-bond acceptors (Lipinski definition) is 3. The minimum atomic E-state index is -0.281. The molecule has 0 spiro atoms. The van der Waals surface area contributed by atoms with Crippen molar-refractivity contribution in [1.29, 1.82) is 0 Å². The van der Waals surface area contributed by atoms with Crippen LogP contribution in [-0.2, 0) is 6.54 Å². The van der Waals surface area contributed by atoms with Gasteiger partial charge in [-0.3, -0.25) is 0 Å². The Kier molecular flexibility index (Phi) is 8.31. The molecular weight excluding hydrogens is 250 g/mol.